The van der Waals surface area contributed by atoms with Gasteiger partial charge in [0.1, 0.15) is 11.6 Å². The Bertz CT molecular complexity index is 378. The molecule has 4 heteroatoms. The van der Waals surface area contributed by atoms with Gasteiger partial charge in [0.25, 0.3) is 0 Å². The van der Waals surface area contributed by atoms with Crippen LogP contribution in [-0.2, 0) is 9.59 Å². The molecule has 1 heterocycles. The minimum atomic E-state index is -0.547. The van der Waals surface area contributed by atoms with Crippen LogP contribution in [0.1, 0.15) is 59.8 Å². The summed E-state index contributed by atoms with van der Waals surface area (Å²) in [7, 11) is 0. The number of nitrogens with zero attached hydrogens (tertiary/aromatic N) is 1. The maximum atomic E-state index is 12.5. The van der Waals surface area contributed by atoms with Crippen molar-refractivity contribution in [2.24, 2.45) is 5.41 Å². The first-order valence-corrected chi connectivity index (χ1v) is 7.39. The molecule has 19 heavy (non-hydrogen) atoms. The predicted molar refractivity (Wildman–Crippen MR) is 74.6 cm³/mol. The fraction of sp³-hybridized carbons (Fsp3) is 0.867. The van der Waals surface area contributed by atoms with Gasteiger partial charge in [0.2, 0.25) is 11.8 Å². The third-order valence-electron chi connectivity index (χ3n) is 4.44. The van der Waals surface area contributed by atoms with Crippen LogP contribution >= 0.6 is 0 Å². The molecule has 1 atom stereocenters. The van der Waals surface area contributed by atoms with Crippen molar-refractivity contribution in [3.63, 3.8) is 0 Å². The topological polar surface area (TPSA) is 49.4 Å². The first kappa shape index (κ1) is 14.4. The first-order valence-electron chi connectivity index (χ1n) is 7.39. The van der Waals surface area contributed by atoms with Gasteiger partial charge in [-0.3, -0.25) is 9.59 Å². The van der Waals surface area contributed by atoms with Gasteiger partial charge in [-0.15, -0.1) is 0 Å². The largest absolute Gasteiger partial charge is 0.343 e. The lowest BCUT2D eigenvalue weighted by Gasteiger charge is -2.46. The Morgan fingerprint density at radius 2 is 1.84 bits per heavy atom. The zero-order valence-electron chi connectivity index (χ0n) is 12.6. The van der Waals surface area contributed by atoms with Crippen molar-refractivity contribution in [2.45, 2.75) is 71.4 Å². The summed E-state index contributed by atoms with van der Waals surface area (Å²) in [6.45, 7) is 9.00. The third kappa shape index (κ3) is 2.63. The van der Waals surface area contributed by atoms with Crippen molar-refractivity contribution >= 4 is 11.8 Å². The quantitative estimate of drug-likeness (QED) is 0.832. The van der Waals surface area contributed by atoms with Gasteiger partial charge in [-0.05, 0) is 31.6 Å². The van der Waals surface area contributed by atoms with E-state index in [2.05, 4.69) is 26.1 Å². The Morgan fingerprint density at radius 3 is 2.37 bits per heavy atom. The van der Waals surface area contributed by atoms with Crippen LogP contribution in [-0.4, -0.2) is 34.8 Å². The summed E-state index contributed by atoms with van der Waals surface area (Å²) >= 11 is 0. The average molecular weight is 266 g/mol. The molecule has 1 aliphatic heterocycles. The van der Waals surface area contributed by atoms with E-state index in [0.717, 1.165) is 32.1 Å². The van der Waals surface area contributed by atoms with Crippen LogP contribution in [0.2, 0.25) is 0 Å². The normalized spacial score (nSPS) is 26.9. The second kappa shape index (κ2) is 4.80. The zero-order chi connectivity index (χ0) is 14.3. The van der Waals surface area contributed by atoms with Gasteiger partial charge in [0.05, 0.1) is 0 Å². The van der Waals surface area contributed by atoms with E-state index >= 15 is 0 Å². The van der Waals surface area contributed by atoms with E-state index < -0.39 is 5.54 Å². The average Bonchev–Trinajstić information content (AvgIpc) is 2.76. The summed E-state index contributed by atoms with van der Waals surface area (Å²) in [5.41, 5.74) is -0.369. The molecule has 2 aliphatic rings. The van der Waals surface area contributed by atoms with E-state index in [4.69, 9.17) is 0 Å². The summed E-state index contributed by atoms with van der Waals surface area (Å²) in [5, 5.41) is 2.86. The molecular weight excluding hydrogens is 240 g/mol. The lowest BCUT2D eigenvalue weighted by molar-refractivity contribution is -0.157. The highest BCUT2D eigenvalue weighted by Gasteiger charge is 2.52. The number of rotatable bonds is 2. The summed E-state index contributed by atoms with van der Waals surface area (Å²) < 4.78 is 0. The molecule has 0 radical (unpaired) electrons. The molecule has 2 fully saturated rings. The van der Waals surface area contributed by atoms with Crippen LogP contribution in [0.5, 0.6) is 0 Å². The van der Waals surface area contributed by atoms with Crippen LogP contribution in [0.3, 0.4) is 0 Å². The SMILES string of the molecule is CC1NC(=O)C2(CCCC2)N(CCC(C)(C)C)C1=O. The van der Waals surface area contributed by atoms with Gasteiger partial charge in [0.15, 0.2) is 0 Å². The molecule has 2 amide bonds. The minimum absolute atomic E-state index is 0.0611. The zero-order valence-corrected chi connectivity index (χ0v) is 12.6. The highest BCUT2D eigenvalue weighted by Crippen LogP contribution is 2.38. The Kier molecular flexibility index (Phi) is 3.63. The summed E-state index contributed by atoms with van der Waals surface area (Å²) in [5.74, 6) is 0.150. The van der Waals surface area contributed by atoms with E-state index in [1.54, 1.807) is 6.92 Å². The molecule has 1 aliphatic carbocycles. The van der Waals surface area contributed by atoms with Crippen molar-refractivity contribution in [1.82, 2.24) is 10.2 Å². The molecule has 1 spiro atoms. The van der Waals surface area contributed by atoms with E-state index in [1.165, 1.54) is 0 Å². The van der Waals surface area contributed by atoms with Gasteiger partial charge in [-0.2, -0.15) is 0 Å². The molecular formula is C15H26N2O2. The van der Waals surface area contributed by atoms with Crippen LogP contribution < -0.4 is 5.32 Å². The molecule has 2 rings (SSSR count). The fourth-order valence-corrected chi connectivity index (χ4v) is 3.19. The van der Waals surface area contributed by atoms with Crippen LogP contribution in [0.25, 0.3) is 0 Å². The lowest BCUT2D eigenvalue weighted by Crippen LogP contribution is -2.69. The molecule has 1 saturated heterocycles. The van der Waals surface area contributed by atoms with Gasteiger partial charge in [-0.1, -0.05) is 33.6 Å². The molecule has 0 aromatic carbocycles. The predicted octanol–water partition coefficient (Wildman–Crippen LogP) is 2.08. The van der Waals surface area contributed by atoms with Gasteiger partial charge < -0.3 is 10.2 Å². The number of carbonyl (C=O) groups is 2. The summed E-state index contributed by atoms with van der Waals surface area (Å²) in [4.78, 5) is 26.7. The number of hydrogen-bond acceptors (Lipinski definition) is 2. The summed E-state index contributed by atoms with van der Waals surface area (Å²) in [6.07, 6.45) is 4.66. The van der Waals surface area contributed by atoms with Crippen molar-refractivity contribution in [1.29, 1.82) is 0 Å². The van der Waals surface area contributed by atoms with E-state index in [-0.39, 0.29) is 23.3 Å². The minimum Gasteiger partial charge on any atom is -0.343 e. The number of nitrogens with one attached hydrogen (secondary N) is 1. The number of piperazine rings is 1. The van der Waals surface area contributed by atoms with Crippen LogP contribution in [0.4, 0.5) is 0 Å². The highest BCUT2D eigenvalue weighted by atomic mass is 16.2. The monoisotopic (exact) mass is 266 g/mol. The molecule has 1 unspecified atom stereocenters. The standard InChI is InChI=1S/C15H26N2O2/c1-11-12(18)17(10-9-14(2,3)4)15(13(19)16-11)7-5-6-8-15/h11H,5-10H2,1-4H3,(H,16,19). The fourth-order valence-electron chi connectivity index (χ4n) is 3.19. The summed E-state index contributed by atoms with van der Waals surface area (Å²) in [6, 6.07) is -0.376. The molecule has 0 bridgehead atoms. The van der Waals surface area contributed by atoms with Crippen molar-refractivity contribution in [3.8, 4) is 0 Å². The Morgan fingerprint density at radius 1 is 1.26 bits per heavy atom. The molecule has 0 aromatic rings. The second-order valence-electron chi connectivity index (χ2n) is 7.23. The van der Waals surface area contributed by atoms with Crippen molar-refractivity contribution < 1.29 is 9.59 Å². The van der Waals surface area contributed by atoms with E-state index in [0.29, 0.717) is 6.54 Å². The smallest absolute Gasteiger partial charge is 0.246 e. The number of hydrogen-bond donors (Lipinski definition) is 1. The Balaban J connectivity index is 2.22. The van der Waals surface area contributed by atoms with Gasteiger partial charge in [0, 0.05) is 6.54 Å². The van der Waals surface area contributed by atoms with E-state index in [9.17, 15) is 9.59 Å². The second-order valence-corrected chi connectivity index (χ2v) is 7.23. The molecule has 0 aromatic heterocycles. The first-order chi connectivity index (χ1) is 8.76. The van der Waals surface area contributed by atoms with Gasteiger partial charge >= 0.3 is 0 Å². The Hall–Kier alpha value is -1.06. The van der Waals surface area contributed by atoms with Gasteiger partial charge in [-0.25, -0.2) is 0 Å². The van der Waals surface area contributed by atoms with Crippen molar-refractivity contribution in [3.05, 3.63) is 0 Å². The van der Waals surface area contributed by atoms with Crippen LogP contribution in [0.15, 0.2) is 0 Å². The maximum absolute atomic E-state index is 12.5. The number of amides is 2. The van der Waals surface area contributed by atoms with Crippen molar-refractivity contribution in [2.75, 3.05) is 6.54 Å². The lowest BCUT2D eigenvalue weighted by atomic mass is 9.86. The third-order valence-corrected chi connectivity index (χ3v) is 4.44. The molecule has 1 N–H and O–H groups in total. The highest BCUT2D eigenvalue weighted by molar-refractivity contribution is 5.99. The van der Waals surface area contributed by atoms with E-state index in [1.807, 2.05) is 4.90 Å². The molecule has 4 nitrogen and oxygen atoms in total. The maximum Gasteiger partial charge on any atom is 0.246 e. The molecule has 1 saturated carbocycles. The number of carbonyl (C=O) groups excluding carboxylic acids is 2. The van der Waals surface area contributed by atoms with Crippen LogP contribution in [0, 0.1) is 5.41 Å². The Labute approximate surface area is 115 Å². The molecule has 108 valence electrons.